The van der Waals surface area contributed by atoms with Crippen LogP contribution in [0.1, 0.15) is 12.8 Å². The van der Waals surface area contributed by atoms with Crippen LogP contribution in [0.3, 0.4) is 0 Å². The van der Waals surface area contributed by atoms with E-state index < -0.39 is 20.6 Å². The Morgan fingerprint density at radius 2 is 2.14 bits per heavy atom. The van der Waals surface area contributed by atoms with Gasteiger partial charge in [0.2, 0.25) is 10.0 Å². The molecule has 0 heterocycles. The van der Waals surface area contributed by atoms with E-state index in [9.17, 15) is 18.5 Å². The first-order valence-electron chi connectivity index (χ1n) is 6.13. The van der Waals surface area contributed by atoms with Crippen molar-refractivity contribution in [1.82, 2.24) is 4.72 Å². The molecule has 0 bridgehead atoms. The summed E-state index contributed by atoms with van der Waals surface area (Å²) in [5.74, 6) is 5.22. The second kappa shape index (κ2) is 5.79. The topological polar surface area (TPSA) is 127 Å². The average molecular weight is 332 g/mol. The maximum Gasteiger partial charge on any atom is 0.289 e. The highest BCUT2D eigenvalue weighted by molar-refractivity contribution is 8.00. The fraction of sp³-hybridized carbons (Fsp3) is 0.455. The van der Waals surface area contributed by atoms with Gasteiger partial charge >= 0.3 is 0 Å². The first kappa shape index (κ1) is 16.0. The van der Waals surface area contributed by atoms with Crippen LogP contribution in [-0.2, 0) is 10.0 Å². The average Bonchev–Trinajstić information content (AvgIpc) is 3.25. The molecule has 0 saturated heterocycles. The van der Waals surface area contributed by atoms with Crippen LogP contribution < -0.4 is 16.0 Å². The van der Waals surface area contributed by atoms with Crippen molar-refractivity contribution in [3.8, 4) is 0 Å². The molecule has 116 valence electrons. The van der Waals surface area contributed by atoms with Crippen LogP contribution in [0.2, 0.25) is 0 Å². The van der Waals surface area contributed by atoms with Gasteiger partial charge in [0.25, 0.3) is 5.69 Å². The third-order valence-corrected chi connectivity index (χ3v) is 6.29. The van der Waals surface area contributed by atoms with Gasteiger partial charge in [0, 0.05) is 17.4 Å². The van der Waals surface area contributed by atoms with Crippen molar-refractivity contribution < 1.29 is 13.3 Å². The second-order valence-electron chi connectivity index (χ2n) is 4.80. The lowest BCUT2D eigenvalue weighted by atomic mass is 10.3. The maximum atomic E-state index is 12.3. The Balaban J connectivity index is 2.31. The molecule has 4 N–H and O–H groups in total. The number of nitro groups is 1. The second-order valence-corrected chi connectivity index (χ2v) is 7.81. The zero-order valence-corrected chi connectivity index (χ0v) is 13.0. The molecule has 0 unspecified atom stereocenters. The molecule has 0 aliphatic heterocycles. The molecular formula is C11H16N4O4S2. The van der Waals surface area contributed by atoms with Gasteiger partial charge in [0.15, 0.2) is 4.90 Å². The Hall–Kier alpha value is -1.36. The summed E-state index contributed by atoms with van der Waals surface area (Å²) in [6, 6.07) is 3.62. The van der Waals surface area contributed by atoms with Crippen LogP contribution in [0.4, 0.5) is 11.4 Å². The van der Waals surface area contributed by atoms with Crippen molar-refractivity contribution in [2.24, 2.45) is 5.84 Å². The molecule has 1 aromatic carbocycles. The summed E-state index contributed by atoms with van der Waals surface area (Å²) < 4.78 is 27.0. The fourth-order valence-electron chi connectivity index (χ4n) is 1.87. The maximum absolute atomic E-state index is 12.3. The summed E-state index contributed by atoms with van der Waals surface area (Å²) in [4.78, 5) is 9.88. The largest absolute Gasteiger partial charge is 0.324 e. The molecule has 0 aromatic heterocycles. The Morgan fingerprint density at radius 1 is 1.48 bits per heavy atom. The van der Waals surface area contributed by atoms with Crippen LogP contribution in [0, 0.1) is 10.1 Å². The highest BCUT2D eigenvalue weighted by Gasteiger charge is 2.43. The number of anilines is 1. The van der Waals surface area contributed by atoms with Gasteiger partial charge in [-0.15, -0.1) is 0 Å². The number of nitrogens with zero attached hydrogens (tertiary/aromatic N) is 1. The monoisotopic (exact) mass is 332 g/mol. The summed E-state index contributed by atoms with van der Waals surface area (Å²) in [5, 5.41) is 11.0. The lowest BCUT2D eigenvalue weighted by molar-refractivity contribution is -0.387. The third-order valence-electron chi connectivity index (χ3n) is 3.44. The lowest BCUT2D eigenvalue weighted by Gasteiger charge is -2.14. The molecule has 1 fully saturated rings. The van der Waals surface area contributed by atoms with Gasteiger partial charge in [-0.1, -0.05) is 0 Å². The van der Waals surface area contributed by atoms with Crippen molar-refractivity contribution >= 4 is 33.2 Å². The van der Waals surface area contributed by atoms with Crippen molar-refractivity contribution in [2.45, 2.75) is 22.5 Å². The van der Waals surface area contributed by atoms with E-state index in [-0.39, 0.29) is 21.9 Å². The molecule has 10 heteroatoms. The van der Waals surface area contributed by atoms with Crippen LogP contribution in [0.25, 0.3) is 0 Å². The van der Waals surface area contributed by atoms with Crippen LogP contribution in [0.5, 0.6) is 0 Å². The van der Waals surface area contributed by atoms with Gasteiger partial charge in [0.1, 0.15) is 0 Å². The van der Waals surface area contributed by atoms with E-state index >= 15 is 0 Å². The van der Waals surface area contributed by atoms with E-state index in [4.69, 9.17) is 5.84 Å². The summed E-state index contributed by atoms with van der Waals surface area (Å²) >= 11 is 1.60. The summed E-state index contributed by atoms with van der Waals surface area (Å²) in [7, 11) is -3.97. The summed E-state index contributed by atoms with van der Waals surface area (Å²) in [6.45, 7) is 0.258. The number of sulfonamides is 1. The lowest BCUT2D eigenvalue weighted by Crippen LogP contribution is -2.32. The number of nitrogen functional groups attached to an aromatic ring is 1. The number of nitrogens with two attached hydrogens (primary N) is 1. The molecule has 1 aromatic rings. The van der Waals surface area contributed by atoms with Crippen LogP contribution in [0.15, 0.2) is 23.1 Å². The van der Waals surface area contributed by atoms with Gasteiger partial charge in [-0.3, -0.25) is 16.0 Å². The molecule has 2 rings (SSSR count). The Bertz CT molecular complexity index is 658. The number of nitro benzene ring substituents is 1. The molecule has 0 radical (unpaired) electrons. The first-order chi connectivity index (χ1) is 9.83. The number of hydrogen-bond donors (Lipinski definition) is 3. The minimum absolute atomic E-state index is 0.0778. The molecule has 1 aliphatic carbocycles. The van der Waals surface area contributed by atoms with E-state index in [1.54, 1.807) is 11.8 Å². The minimum atomic E-state index is -3.97. The first-order valence-corrected chi connectivity index (χ1v) is 8.84. The Morgan fingerprint density at radius 3 is 2.62 bits per heavy atom. The predicted molar refractivity (Wildman–Crippen MR) is 81.6 cm³/mol. The Kier molecular flexibility index (Phi) is 4.42. The van der Waals surface area contributed by atoms with Crippen LogP contribution >= 0.6 is 11.8 Å². The van der Waals surface area contributed by atoms with Gasteiger partial charge < -0.3 is 5.43 Å². The Labute approximate surface area is 126 Å². The van der Waals surface area contributed by atoms with E-state index in [0.29, 0.717) is 0 Å². The third kappa shape index (κ3) is 3.46. The highest BCUT2D eigenvalue weighted by Crippen LogP contribution is 2.46. The number of hydrazine groups is 1. The predicted octanol–water partition coefficient (Wildman–Crippen LogP) is 1.05. The summed E-state index contributed by atoms with van der Waals surface area (Å²) in [5.41, 5.74) is 2.09. The number of nitrogens with one attached hydrogen (secondary N) is 2. The molecule has 0 amide bonds. The molecule has 8 nitrogen and oxygen atoms in total. The fourth-order valence-corrected chi connectivity index (χ4v) is 4.01. The SMILES string of the molecule is CSC1(CNS(=O)(=O)c2cc(NN)ccc2[N+](=O)[O-])CC1. The smallest absolute Gasteiger partial charge is 0.289 e. The number of hydrogen-bond acceptors (Lipinski definition) is 7. The van der Waals surface area contributed by atoms with Gasteiger partial charge in [-0.2, -0.15) is 11.8 Å². The standard InChI is InChI=1S/C11H16N4O4S2/c1-20-11(4-5-11)7-13-21(18,19)10-6-8(14-12)2-3-9(10)15(16)17/h2-3,6,13-14H,4-5,7,12H2,1H3. The van der Waals surface area contributed by atoms with E-state index in [1.165, 1.54) is 6.07 Å². The van der Waals surface area contributed by atoms with E-state index in [1.807, 2.05) is 6.26 Å². The van der Waals surface area contributed by atoms with E-state index in [2.05, 4.69) is 10.1 Å². The molecular weight excluding hydrogens is 316 g/mol. The number of benzene rings is 1. The highest BCUT2D eigenvalue weighted by atomic mass is 32.2. The molecule has 21 heavy (non-hydrogen) atoms. The van der Waals surface area contributed by atoms with Gasteiger partial charge in [-0.25, -0.2) is 13.1 Å². The summed E-state index contributed by atoms with van der Waals surface area (Å²) in [6.07, 6.45) is 3.79. The zero-order valence-electron chi connectivity index (χ0n) is 11.3. The quantitative estimate of drug-likeness (QED) is 0.387. The van der Waals surface area contributed by atoms with Gasteiger partial charge in [-0.05, 0) is 31.2 Å². The normalized spacial score (nSPS) is 16.5. The number of rotatable bonds is 7. The minimum Gasteiger partial charge on any atom is -0.324 e. The molecule has 1 saturated carbocycles. The van der Waals surface area contributed by atoms with Gasteiger partial charge in [0.05, 0.1) is 10.6 Å². The van der Waals surface area contributed by atoms with Crippen molar-refractivity contribution in [3.63, 3.8) is 0 Å². The molecule has 1 aliphatic rings. The van der Waals surface area contributed by atoms with E-state index in [0.717, 1.165) is 25.0 Å². The van der Waals surface area contributed by atoms with Crippen molar-refractivity contribution in [3.05, 3.63) is 28.3 Å². The molecule has 0 spiro atoms. The van der Waals surface area contributed by atoms with Crippen molar-refractivity contribution in [1.29, 1.82) is 0 Å². The number of thioether (sulfide) groups is 1. The van der Waals surface area contributed by atoms with Crippen LogP contribution in [-0.4, -0.2) is 30.9 Å². The zero-order chi connectivity index (χ0) is 15.7. The van der Waals surface area contributed by atoms with Crippen molar-refractivity contribution in [2.75, 3.05) is 18.2 Å². The molecule has 0 atom stereocenters.